The summed E-state index contributed by atoms with van der Waals surface area (Å²) in [6, 6.07) is 2.75. The van der Waals surface area contributed by atoms with Gasteiger partial charge in [-0.3, -0.25) is 4.79 Å². The monoisotopic (exact) mass is 408 g/mol. The van der Waals surface area contributed by atoms with Crippen LogP contribution >= 0.6 is 0 Å². The van der Waals surface area contributed by atoms with Crippen molar-refractivity contribution in [1.82, 2.24) is 0 Å². The van der Waals surface area contributed by atoms with Crippen LogP contribution in [0.4, 0.5) is 0 Å². The van der Waals surface area contributed by atoms with E-state index in [1.165, 1.54) is 0 Å². The van der Waals surface area contributed by atoms with E-state index in [2.05, 4.69) is 26.8 Å². The standard InChI is InChI=1S/C21H32O6Si/c1-6-28(7-2,8-3)27-15-11-19-12-16(22)26-20(19,10-9-14(19)4)18(5)13-25-17(23)21(15,18)24/h9,15,24H,6-8,10-13H2,1-5H3/t15-,18+,19-,20-,21-/m1/s1. The summed E-state index contributed by atoms with van der Waals surface area (Å²) in [5, 5.41) is 11.9. The Labute approximate surface area is 167 Å². The van der Waals surface area contributed by atoms with E-state index in [0.717, 1.165) is 23.7 Å². The maximum atomic E-state index is 12.9. The lowest BCUT2D eigenvalue weighted by molar-refractivity contribution is -0.252. The Morgan fingerprint density at radius 2 is 1.89 bits per heavy atom. The van der Waals surface area contributed by atoms with Gasteiger partial charge in [-0.05, 0) is 38.4 Å². The average Bonchev–Trinajstić information content (AvgIpc) is 3.22. The molecule has 7 heteroatoms. The number of carbonyl (C=O) groups excluding carboxylic acids is 2. The third-order valence-corrected chi connectivity index (χ3v) is 13.5. The second-order valence-corrected chi connectivity index (χ2v) is 14.1. The number of fused-ring (bicyclic) bond motifs is 1. The summed E-state index contributed by atoms with van der Waals surface area (Å²) < 4.78 is 18.2. The summed E-state index contributed by atoms with van der Waals surface area (Å²) in [5.74, 6) is -0.900. The Balaban J connectivity index is 1.89. The molecule has 1 N–H and O–H groups in total. The highest BCUT2D eigenvalue weighted by molar-refractivity contribution is 6.73. The van der Waals surface area contributed by atoms with Crippen LogP contribution in [0.15, 0.2) is 11.6 Å². The van der Waals surface area contributed by atoms with Crippen molar-refractivity contribution < 1.29 is 28.6 Å². The van der Waals surface area contributed by atoms with Crippen LogP contribution in [0.2, 0.25) is 18.1 Å². The van der Waals surface area contributed by atoms with E-state index < -0.39 is 42.4 Å². The fraction of sp³-hybridized carbons (Fsp3) is 0.810. The van der Waals surface area contributed by atoms with E-state index in [1.807, 2.05) is 13.8 Å². The van der Waals surface area contributed by atoms with Crippen molar-refractivity contribution in [3.05, 3.63) is 11.6 Å². The van der Waals surface area contributed by atoms with E-state index in [-0.39, 0.29) is 19.0 Å². The molecule has 2 heterocycles. The number of carbonyl (C=O) groups is 2. The number of hydrogen-bond donors (Lipinski definition) is 1. The number of hydrogen-bond acceptors (Lipinski definition) is 6. The summed E-state index contributed by atoms with van der Waals surface area (Å²) in [6.45, 7) is 10.3. The third-order valence-electron chi connectivity index (χ3n) is 8.82. The molecule has 2 aliphatic carbocycles. The van der Waals surface area contributed by atoms with Crippen LogP contribution in [-0.4, -0.2) is 49.3 Å². The molecule has 2 aliphatic heterocycles. The molecule has 2 saturated heterocycles. The molecule has 0 radical (unpaired) electrons. The summed E-state index contributed by atoms with van der Waals surface area (Å²) in [5.41, 5.74) is -3.24. The lowest BCUT2D eigenvalue weighted by atomic mass is 9.46. The van der Waals surface area contributed by atoms with Crippen LogP contribution in [0.5, 0.6) is 0 Å². The molecule has 5 atom stereocenters. The molecule has 3 fully saturated rings. The predicted molar refractivity (Wildman–Crippen MR) is 105 cm³/mol. The van der Waals surface area contributed by atoms with Gasteiger partial charge in [0.15, 0.2) is 13.9 Å². The Morgan fingerprint density at radius 1 is 1.25 bits per heavy atom. The molecule has 0 aromatic rings. The molecule has 156 valence electrons. The first-order valence-electron chi connectivity index (χ1n) is 10.6. The maximum Gasteiger partial charge on any atom is 0.341 e. The minimum atomic E-state index is -2.12. The Morgan fingerprint density at radius 3 is 2.50 bits per heavy atom. The van der Waals surface area contributed by atoms with Gasteiger partial charge < -0.3 is 19.0 Å². The molecule has 0 spiro atoms. The van der Waals surface area contributed by atoms with Crippen LogP contribution in [0.3, 0.4) is 0 Å². The fourth-order valence-corrected chi connectivity index (χ4v) is 9.49. The van der Waals surface area contributed by atoms with Gasteiger partial charge in [0.25, 0.3) is 0 Å². The summed E-state index contributed by atoms with van der Waals surface area (Å²) in [4.78, 5) is 25.5. The van der Waals surface area contributed by atoms with E-state index in [4.69, 9.17) is 13.9 Å². The van der Waals surface area contributed by atoms with E-state index in [0.29, 0.717) is 12.8 Å². The molecule has 4 rings (SSSR count). The van der Waals surface area contributed by atoms with Gasteiger partial charge >= 0.3 is 11.9 Å². The predicted octanol–water partition coefficient (Wildman–Crippen LogP) is 3.10. The van der Waals surface area contributed by atoms with E-state index >= 15 is 0 Å². The number of cyclic esters (lactones) is 1. The number of ether oxygens (including phenoxy) is 2. The largest absolute Gasteiger partial charge is 0.463 e. The minimum absolute atomic E-state index is 0.0390. The van der Waals surface area contributed by atoms with Gasteiger partial charge in [-0.25, -0.2) is 4.79 Å². The molecule has 6 nitrogen and oxygen atoms in total. The lowest BCUT2D eigenvalue weighted by Crippen LogP contribution is -2.75. The van der Waals surface area contributed by atoms with Crippen LogP contribution < -0.4 is 0 Å². The number of rotatable bonds is 5. The highest BCUT2D eigenvalue weighted by Crippen LogP contribution is 2.72. The zero-order valence-corrected chi connectivity index (χ0v) is 18.6. The highest BCUT2D eigenvalue weighted by Gasteiger charge is 2.84. The smallest absolute Gasteiger partial charge is 0.341 e. The topological polar surface area (TPSA) is 82.1 Å². The summed E-state index contributed by atoms with van der Waals surface area (Å²) in [6.07, 6.45) is 2.60. The van der Waals surface area contributed by atoms with Crippen molar-refractivity contribution in [3.8, 4) is 0 Å². The molecule has 0 unspecified atom stereocenters. The van der Waals surface area contributed by atoms with Crippen molar-refractivity contribution in [2.24, 2.45) is 10.8 Å². The van der Waals surface area contributed by atoms with Gasteiger partial charge in [-0.1, -0.05) is 32.4 Å². The van der Waals surface area contributed by atoms with Gasteiger partial charge in [0, 0.05) is 11.8 Å². The van der Waals surface area contributed by atoms with Gasteiger partial charge in [-0.2, -0.15) is 0 Å². The molecular formula is C21H32O6Si. The molecule has 4 aliphatic rings. The van der Waals surface area contributed by atoms with E-state index in [9.17, 15) is 14.7 Å². The first-order valence-corrected chi connectivity index (χ1v) is 13.1. The number of esters is 2. The van der Waals surface area contributed by atoms with Gasteiger partial charge in [0.05, 0.1) is 17.9 Å². The zero-order chi connectivity index (χ0) is 20.6. The molecular weight excluding hydrogens is 376 g/mol. The Hall–Kier alpha value is -1.18. The summed E-state index contributed by atoms with van der Waals surface area (Å²) >= 11 is 0. The Kier molecular flexibility index (Phi) is 4.25. The molecule has 28 heavy (non-hydrogen) atoms. The lowest BCUT2D eigenvalue weighted by Gasteiger charge is -2.60. The van der Waals surface area contributed by atoms with Crippen LogP contribution in [-0.2, 0) is 23.5 Å². The third kappa shape index (κ3) is 1.96. The van der Waals surface area contributed by atoms with Crippen LogP contribution in [0, 0.1) is 10.8 Å². The maximum absolute atomic E-state index is 12.9. The minimum Gasteiger partial charge on any atom is -0.463 e. The second kappa shape index (κ2) is 5.92. The normalized spacial score (nSPS) is 44.5. The quantitative estimate of drug-likeness (QED) is 0.428. The molecule has 0 aromatic heterocycles. The molecule has 0 aromatic carbocycles. The zero-order valence-electron chi connectivity index (χ0n) is 17.6. The van der Waals surface area contributed by atoms with Crippen molar-refractivity contribution >= 4 is 20.3 Å². The van der Waals surface area contributed by atoms with Crippen molar-refractivity contribution in [2.75, 3.05) is 6.61 Å². The highest BCUT2D eigenvalue weighted by atomic mass is 28.4. The molecule has 0 bridgehead atoms. The van der Waals surface area contributed by atoms with Crippen molar-refractivity contribution in [2.45, 2.75) is 89.3 Å². The number of aliphatic hydroxyl groups is 1. The fourth-order valence-electron chi connectivity index (χ4n) is 6.63. The first-order chi connectivity index (χ1) is 13.1. The van der Waals surface area contributed by atoms with Crippen LogP contribution in [0.25, 0.3) is 0 Å². The van der Waals surface area contributed by atoms with Crippen molar-refractivity contribution in [1.29, 1.82) is 0 Å². The molecule has 0 amide bonds. The second-order valence-electron chi connectivity index (χ2n) is 9.38. The average molecular weight is 409 g/mol. The van der Waals surface area contributed by atoms with Crippen LogP contribution in [0.1, 0.15) is 53.9 Å². The molecule has 1 saturated carbocycles. The summed E-state index contributed by atoms with van der Waals surface area (Å²) in [7, 11) is -2.12. The van der Waals surface area contributed by atoms with Crippen molar-refractivity contribution in [3.63, 3.8) is 0 Å². The van der Waals surface area contributed by atoms with Gasteiger partial charge in [0.2, 0.25) is 0 Å². The SMILES string of the molecule is CC[Si](CC)(CC)O[C@@H]1C[C@]23CC(=O)O[C@]2(CC=C3C)[C@]2(C)COC(=O)[C@]12O. The Bertz CT molecular complexity index is 752. The first kappa shape index (κ1) is 20.1. The van der Waals surface area contributed by atoms with Gasteiger partial charge in [-0.15, -0.1) is 0 Å². The van der Waals surface area contributed by atoms with Gasteiger partial charge in [0.1, 0.15) is 12.2 Å². The van der Waals surface area contributed by atoms with E-state index in [1.54, 1.807) is 0 Å².